The third-order valence-corrected chi connectivity index (χ3v) is 5.62. The molecule has 1 aromatic carbocycles. The van der Waals surface area contributed by atoms with Crippen molar-refractivity contribution in [3.63, 3.8) is 0 Å². The molecule has 2 aromatic rings. The maximum Gasteiger partial charge on any atom is 0.259 e. The van der Waals surface area contributed by atoms with E-state index in [4.69, 9.17) is 0 Å². The molecule has 1 aliphatic heterocycles. The quantitative estimate of drug-likeness (QED) is 0.849. The number of thiazole rings is 1. The molecule has 1 saturated heterocycles. The van der Waals surface area contributed by atoms with Crippen molar-refractivity contribution in [2.24, 2.45) is 0 Å². The number of hydrogen-bond acceptors (Lipinski definition) is 4. The van der Waals surface area contributed by atoms with Crippen LogP contribution in [0.3, 0.4) is 0 Å². The first-order valence-corrected chi connectivity index (χ1v) is 9.75. The summed E-state index contributed by atoms with van der Waals surface area (Å²) >= 11 is 1.52. The van der Waals surface area contributed by atoms with Gasteiger partial charge in [0.05, 0.1) is 10.7 Å². The third-order valence-electron chi connectivity index (χ3n) is 4.56. The Balaban J connectivity index is 1.67. The minimum absolute atomic E-state index is 0.0528. The third kappa shape index (κ3) is 4.68. The van der Waals surface area contributed by atoms with Gasteiger partial charge in [0.25, 0.3) is 5.91 Å². The average Bonchev–Trinajstić information content (AvgIpc) is 3.10. The first-order valence-electron chi connectivity index (χ1n) is 8.87. The Morgan fingerprint density at radius 3 is 2.78 bits per heavy atom. The summed E-state index contributed by atoms with van der Waals surface area (Å²) in [4.78, 5) is 29.7. The molecule has 3 rings (SSSR count). The second-order valence-electron chi connectivity index (χ2n) is 6.60. The number of aromatic nitrogens is 1. The zero-order valence-electron chi connectivity index (χ0n) is 15.0. The van der Waals surface area contributed by atoms with Crippen LogP contribution in [0.5, 0.6) is 0 Å². The summed E-state index contributed by atoms with van der Waals surface area (Å²) in [6.07, 6.45) is 2.28. The number of amides is 2. The highest BCUT2D eigenvalue weighted by Gasteiger charge is 2.30. The van der Waals surface area contributed by atoms with Gasteiger partial charge in [-0.05, 0) is 25.0 Å². The van der Waals surface area contributed by atoms with Gasteiger partial charge < -0.3 is 10.2 Å². The number of nitrogens with zero attached hydrogens (tertiary/aromatic N) is 2. The second-order valence-corrected chi connectivity index (χ2v) is 7.49. The molecule has 1 atom stereocenters. The summed E-state index contributed by atoms with van der Waals surface area (Å²) in [5.74, 6) is -2.31. The van der Waals surface area contributed by atoms with Gasteiger partial charge >= 0.3 is 0 Å². The molecule has 0 bridgehead atoms. The van der Waals surface area contributed by atoms with Crippen molar-refractivity contribution in [1.29, 1.82) is 0 Å². The number of hydrogen-bond donors (Lipinski definition) is 1. The van der Waals surface area contributed by atoms with Crippen LogP contribution in [-0.4, -0.2) is 41.3 Å². The SMILES string of the molecule is CC(=O)NCCc1csc([C@@H]2CCCN(C(=O)c3c(F)cccc3F)C2)n1. The molecular weight excluding hydrogens is 372 g/mol. The Morgan fingerprint density at radius 2 is 2.07 bits per heavy atom. The van der Waals surface area contributed by atoms with Gasteiger partial charge in [-0.3, -0.25) is 9.59 Å². The number of rotatable bonds is 5. The Bertz CT molecular complexity index is 820. The molecule has 8 heteroatoms. The first-order chi connectivity index (χ1) is 13.0. The average molecular weight is 393 g/mol. The van der Waals surface area contributed by atoms with Gasteiger partial charge in [0.2, 0.25) is 5.91 Å². The molecule has 0 spiro atoms. The Hall–Kier alpha value is -2.35. The highest BCUT2D eigenvalue weighted by Crippen LogP contribution is 2.30. The van der Waals surface area contributed by atoms with Gasteiger partial charge in [-0.25, -0.2) is 13.8 Å². The molecule has 0 saturated carbocycles. The van der Waals surface area contributed by atoms with E-state index in [1.165, 1.54) is 29.2 Å². The number of nitrogens with one attached hydrogen (secondary N) is 1. The summed E-state index contributed by atoms with van der Waals surface area (Å²) in [6, 6.07) is 3.44. The van der Waals surface area contributed by atoms with E-state index >= 15 is 0 Å². The predicted molar refractivity (Wildman–Crippen MR) is 98.7 cm³/mol. The molecule has 27 heavy (non-hydrogen) atoms. The number of likely N-dealkylation sites (tertiary alicyclic amines) is 1. The Kier molecular flexibility index (Phi) is 6.15. The first kappa shape index (κ1) is 19.4. The van der Waals surface area contributed by atoms with E-state index in [-0.39, 0.29) is 11.8 Å². The molecule has 5 nitrogen and oxygen atoms in total. The summed E-state index contributed by atoms with van der Waals surface area (Å²) in [7, 11) is 0. The van der Waals surface area contributed by atoms with E-state index in [9.17, 15) is 18.4 Å². The van der Waals surface area contributed by atoms with Crippen molar-refractivity contribution in [1.82, 2.24) is 15.2 Å². The Morgan fingerprint density at radius 1 is 1.33 bits per heavy atom. The molecule has 0 radical (unpaired) electrons. The molecule has 2 amide bonds. The smallest absolute Gasteiger partial charge is 0.259 e. The van der Waals surface area contributed by atoms with Crippen LogP contribution in [-0.2, 0) is 11.2 Å². The topological polar surface area (TPSA) is 62.3 Å². The van der Waals surface area contributed by atoms with Gasteiger partial charge in [0.15, 0.2) is 0 Å². The number of carbonyl (C=O) groups is 2. The lowest BCUT2D eigenvalue weighted by molar-refractivity contribution is -0.118. The fourth-order valence-electron chi connectivity index (χ4n) is 3.21. The Labute approximate surface area is 160 Å². The lowest BCUT2D eigenvalue weighted by Gasteiger charge is -2.32. The van der Waals surface area contributed by atoms with Crippen molar-refractivity contribution in [3.8, 4) is 0 Å². The van der Waals surface area contributed by atoms with Crippen molar-refractivity contribution < 1.29 is 18.4 Å². The minimum Gasteiger partial charge on any atom is -0.356 e. The number of halogens is 2. The summed E-state index contributed by atoms with van der Waals surface area (Å²) in [5, 5.41) is 5.60. The van der Waals surface area contributed by atoms with E-state index < -0.39 is 23.1 Å². The maximum absolute atomic E-state index is 13.9. The van der Waals surface area contributed by atoms with Crippen LogP contribution >= 0.6 is 11.3 Å². The van der Waals surface area contributed by atoms with E-state index in [1.54, 1.807) is 0 Å². The monoisotopic (exact) mass is 393 g/mol. The van der Waals surface area contributed by atoms with Crippen molar-refractivity contribution >= 4 is 23.2 Å². The van der Waals surface area contributed by atoms with E-state index in [2.05, 4.69) is 10.3 Å². The molecule has 2 heterocycles. The van der Waals surface area contributed by atoms with Crippen LogP contribution in [0.2, 0.25) is 0 Å². The molecule has 1 fully saturated rings. The van der Waals surface area contributed by atoms with E-state index in [0.717, 1.165) is 35.7 Å². The van der Waals surface area contributed by atoms with Crippen molar-refractivity contribution in [2.75, 3.05) is 19.6 Å². The second kappa shape index (κ2) is 8.56. The van der Waals surface area contributed by atoms with Crippen LogP contribution in [0, 0.1) is 11.6 Å². The number of benzene rings is 1. The lowest BCUT2D eigenvalue weighted by Crippen LogP contribution is -2.39. The lowest BCUT2D eigenvalue weighted by atomic mass is 9.98. The van der Waals surface area contributed by atoms with Crippen LogP contribution in [0.25, 0.3) is 0 Å². The van der Waals surface area contributed by atoms with Crippen LogP contribution < -0.4 is 5.32 Å². The highest BCUT2D eigenvalue weighted by atomic mass is 32.1. The van der Waals surface area contributed by atoms with Gasteiger partial charge in [0.1, 0.15) is 17.2 Å². The van der Waals surface area contributed by atoms with Crippen LogP contribution in [0.15, 0.2) is 23.6 Å². The van der Waals surface area contributed by atoms with Gasteiger partial charge in [-0.1, -0.05) is 6.07 Å². The van der Waals surface area contributed by atoms with E-state index in [0.29, 0.717) is 26.1 Å². The zero-order valence-corrected chi connectivity index (χ0v) is 15.8. The highest BCUT2D eigenvalue weighted by molar-refractivity contribution is 7.09. The van der Waals surface area contributed by atoms with Gasteiger partial charge in [0, 0.05) is 44.3 Å². The zero-order chi connectivity index (χ0) is 19.4. The van der Waals surface area contributed by atoms with Crippen molar-refractivity contribution in [2.45, 2.75) is 32.1 Å². The maximum atomic E-state index is 13.9. The van der Waals surface area contributed by atoms with E-state index in [1.807, 2.05) is 5.38 Å². The van der Waals surface area contributed by atoms with Crippen LogP contribution in [0.1, 0.15) is 46.7 Å². The normalized spacial score (nSPS) is 17.0. The molecule has 144 valence electrons. The van der Waals surface area contributed by atoms with Gasteiger partial charge in [-0.2, -0.15) is 0 Å². The largest absolute Gasteiger partial charge is 0.356 e. The summed E-state index contributed by atoms with van der Waals surface area (Å²) in [5.41, 5.74) is 0.403. The fraction of sp³-hybridized carbons (Fsp3) is 0.421. The summed E-state index contributed by atoms with van der Waals surface area (Å²) < 4.78 is 27.9. The van der Waals surface area contributed by atoms with Crippen LogP contribution in [0.4, 0.5) is 8.78 Å². The fourth-order valence-corrected chi connectivity index (χ4v) is 4.20. The number of piperidine rings is 1. The van der Waals surface area contributed by atoms with Crippen molar-refractivity contribution in [3.05, 3.63) is 51.5 Å². The molecule has 0 aliphatic carbocycles. The minimum atomic E-state index is -0.836. The molecule has 1 aromatic heterocycles. The molecule has 1 N–H and O–H groups in total. The molecule has 1 aliphatic rings. The summed E-state index contributed by atoms with van der Waals surface area (Å²) in [6.45, 7) is 2.87. The molecular formula is C19H21F2N3O2S. The van der Waals surface area contributed by atoms with Gasteiger partial charge in [-0.15, -0.1) is 11.3 Å². The molecule has 0 unspecified atom stereocenters. The standard InChI is InChI=1S/C19H21F2N3O2S/c1-12(25)22-8-7-14-11-27-18(23-14)13-4-3-9-24(10-13)19(26)17-15(20)5-2-6-16(17)21/h2,5-6,11,13H,3-4,7-10H2,1H3,(H,22,25)/t13-/m1/s1. The predicted octanol–water partition coefficient (Wildman–Crippen LogP) is 3.12. The number of carbonyl (C=O) groups excluding carboxylic acids is 2.